The summed E-state index contributed by atoms with van der Waals surface area (Å²) in [6.07, 6.45) is -9.83. The number of hydrogen-bond donors (Lipinski definition) is 1. The van der Waals surface area contributed by atoms with Gasteiger partial charge in [-0.1, -0.05) is 17.7 Å². The predicted octanol–water partition coefficient (Wildman–Crippen LogP) is 4.86. The van der Waals surface area contributed by atoms with Gasteiger partial charge in [-0.3, -0.25) is 0 Å². The van der Waals surface area contributed by atoms with Gasteiger partial charge < -0.3 is 9.64 Å². The Morgan fingerprint density at radius 1 is 0.969 bits per heavy atom. The molecule has 0 aliphatic rings. The van der Waals surface area contributed by atoms with E-state index in [2.05, 4.69) is 4.74 Å². The zero-order valence-electron chi connectivity index (χ0n) is 17.6. The van der Waals surface area contributed by atoms with E-state index in [4.69, 9.17) is 0 Å². The number of likely N-dealkylation sites (N-methyl/N-ethyl adjacent to an activating group) is 1. The SMILES string of the molecule is Cc1cc(C)c(S(=O)(=O)NC(CN(C)c2ccc(OC(F)(F)F)cc2)C(F)(F)F)c(C)c1. The van der Waals surface area contributed by atoms with Crippen LogP contribution in [0.3, 0.4) is 0 Å². The molecule has 5 nitrogen and oxygen atoms in total. The molecule has 12 heteroatoms. The van der Waals surface area contributed by atoms with Gasteiger partial charge in [0.15, 0.2) is 0 Å². The van der Waals surface area contributed by atoms with Gasteiger partial charge in [0.25, 0.3) is 0 Å². The summed E-state index contributed by atoms with van der Waals surface area (Å²) in [5.41, 5.74) is 1.52. The Bertz CT molecular complexity index is 1030. The molecular formula is C20H22F6N2O3S. The highest BCUT2D eigenvalue weighted by Gasteiger charge is 2.43. The normalized spacial score (nSPS) is 13.7. The van der Waals surface area contributed by atoms with Crippen LogP contribution in [0.2, 0.25) is 0 Å². The highest BCUT2D eigenvalue weighted by molar-refractivity contribution is 7.89. The lowest BCUT2D eigenvalue weighted by Crippen LogP contribution is -2.51. The zero-order valence-corrected chi connectivity index (χ0v) is 18.4. The highest BCUT2D eigenvalue weighted by atomic mass is 32.2. The Balaban J connectivity index is 2.26. The molecule has 1 N–H and O–H groups in total. The third-order valence-electron chi connectivity index (χ3n) is 4.53. The summed E-state index contributed by atoms with van der Waals surface area (Å²) < 4.78 is 109. The van der Waals surface area contributed by atoms with Crippen LogP contribution in [0.15, 0.2) is 41.3 Å². The maximum atomic E-state index is 13.7. The Kier molecular flexibility index (Phi) is 7.40. The molecule has 0 saturated carbocycles. The van der Waals surface area contributed by atoms with E-state index in [1.54, 1.807) is 23.8 Å². The number of ether oxygens (including phenoxy) is 1. The van der Waals surface area contributed by atoms with Crippen LogP contribution in [0.1, 0.15) is 16.7 Å². The summed E-state index contributed by atoms with van der Waals surface area (Å²) in [5, 5.41) is 0. The molecule has 0 aliphatic carbocycles. The van der Waals surface area contributed by atoms with Crippen LogP contribution in [0.25, 0.3) is 0 Å². The molecule has 178 valence electrons. The number of alkyl halides is 6. The van der Waals surface area contributed by atoms with Gasteiger partial charge in [-0.2, -0.15) is 17.9 Å². The molecule has 0 aromatic heterocycles. The van der Waals surface area contributed by atoms with Crippen LogP contribution in [-0.2, 0) is 10.0 Å². The number of rotatable bonds is 7. The number of anilines is 1. The number of aryl methyl sites for hydroxylation is 3. The van der Waals surface area contributed by atoms with Crippen molar-refractivity contribution in [1.82, 2.24) is 4.72 Å². The Morgan fingerprint density at radius 2 is 1.47 bits per heavy atom. The lowest BCUT2D eigenvalue weighted by atomic mass is 10.1. The minimum absolute atomic E-state index is 0.135. The van der Waals surface area contributed by atoms with Crippen LogP contribution >= 0.6 is 0 Å². The molecule has 32 heavy (non-hydrogen) atoms. The number of benzene rings is 2. The molecule has 0 fully saturated rings. The summed E-state index contributed by atoms with van der Waals surface area (Å²) in [6, 6.07) is 4.82. The summed E-state index contributed by atoms with van der Waals surface area (Å²) in [7, 11) is -3.26. The van der Waals surface area contributed by atoms with Gasteiger partial charge in [0.2, 0.25) is 10.0 Å². The lowest BCUT2D eigenvalue weighted by Gasteiger charge is -2.28. The Morgan fingerprint density at radius 3 is 1.91 bits per heavy atom. The largest absolute Gasteiger partial charge is 0.573 e. The molecule has 0 bridgehead atoms. The average molecular weight is 484 g/mol. The molecule has 0 heterocycles. The Labute approximate surface area is 182 Å². The molecule has 2 rings (SSSR count). The average Bonchev–Trinajstić information content (AvgIpc) is 2.58. The molecule has 0 amide bonds. The second kappa shape index (κ2) is 9.18. The van der Waals surface area contributed by atoms with Gasteiger partial charge in [-0.25, -0.2) is 8.42 Å². The van der Waals surface area contributed by atoms with Crippen molar-refractivity contribution in [2.45, 2.75) is 44.2 Å². The van der Waals surface area contributed by atoms with Crippen molar-refractivity contribution in [3.8, 4) is 5.75 Å². The molecule has 0 spiro atoms. The summed E-state index contributed by atoms with van der Waals surface area (Å²) in [6.45, 7) is 3.91. The van der Waals surface area contributed by atoms with E-state index < -0.39 is 40.9 Å². The summed E-state index contributed by atoms with van der Waals surface area (Å²) in [5.74, 6) is -0.534. The molecule has 0 radical (unpaired) electrons. The second-order valence-corrected chi connectivity index (χ2v) is 9.02. The molecule has 1 atom stereocenters. The van der Waals surface area contributed by atoms with Crippen molar-refractivity contribution < 1.29 is 39.5 Å². The molecular weight excluding hydrogens is 462 g/mol. The highest BCUT2D eigenvalue weighted by Crippen LogP contribution is 2.28. The first-order valence-corrected chi connectivity index (χ1v) is 10.7. The molecule has 0 saturated heterocycles. The van der Waals surface area contributed by atoms with E-state index in [1.165, 1.54) is 20.9 Å². The van der Waals surface area contributed by atoms with Crippen molar-refractivity contribution in [2.75, 3.05) is 18.5 Å². The van der Waals surface area contributed by atoms with Crippen molar-refractivity contribution in [2.24, 2.45) is 0 Å². The maximum absolute atomic E-state index is 13.7. The monoisotopic (exact) mass is 484 g/mol. The maximum Gasteiger partial charge on any atom is 0.573 e. The van der Waals surface area contributed by atoms with Crippen LogP contribution < -0.4 is 14.4 Å². The van der Waals surface area contributed by atoms with E-state index in [1.807, 2.05) is 0 Å². The summed E-state index contributed by atoms with van der Waals surface area (Å²) >= 11 is 0. The first-order chi connectivity index (χ1) is 14.5. The quantitative estimate of drug-likeness (QED) is 0.571. The number of halogens is 6. The fourth-order valence-corrected chi connectivity index (χ4v) is 4.99. The standard InChI is InChI=1S/C20H22F6N2O3S/c1-12-9-13(2)18(14(3)10-12)32(29,30)27-17(19(21,22)23)11-28(4)15-5-7-16(8-6-15)31-20(24,25)26/h5-10,17,27H,11H2,1-4H3. The van der Waals surface area contributed by atoms with Crippen LogP contribution in [-0.4, -0.2) is 40.6 Å². The molecule has 2 aromatic carbocycles. The van der Waals surface area contributed by atoms with E-state index in [9.17, 15) is 34.8 Å². The van der Waals surface area contributed by atoms with E-state index in [0.29, 0.717) is 11.1 Å². The van der Waals surface area contributed by atoms with Crippen molar-refractivity contribution >= 4 is 15.7 Å². The number of hydrogen-bond acceptors (Lipinski definition) is 4. The van der Waals surface area contributed by atoms with Crippen molar-refractivity contribution in [1.29, 1.82) is 0 Å². The van der Waals surface area contributed by atoms with Crippen molar-refractivity contribution in [3.63, 3.8) is 0 Å². The topological polar surface area (TPSA) is 58.6 Å². The second-order valence-electron chi connectivity index (χ2n) is 7.37. The third kappa shape index (κ3) is 6.76. The van der Waals surface area contributed by atoms with Gasteiger partial charge in [-0.05, 0) is 56.2 Å². The molecule has 2 aromatic rings. The Hall–Kier alpha value is -2.47. The van der Waals surface area contributed by atoms with E-state index in [-0.39, 0.29) is 10.6 Å². The van der Waals surface area contributed by atoms with Gasteiger partial charge in [0, 0.05) is 19.3 Å². The number of nitrogens with one attached hydrogen (secondary N) is 1. The first kappa shape index (κ1) is 25.8. The van der Waals surface area contributed by atoms with E-state index >= 15 is 0 Å². The third-order valence-corrected chi connectivity index (χ3v) is 6.31. The van der Waals surface area contributed by atoms with E-state index in [0.717, 1.165) is 34.7 Å². The fourth-order valence-electron chi connectivity index (χ4n) is 3.33. The van der Waals surface area contributed by atoms with Crippen molar-refractivity contribution in [3.05, 3.63) is 53.1 Å². The molecule has 0 aliphatic heterocycles. The zero-order chi connectivity index (χ0) is 24.5. The van der Waals surface area contributed by atoms with Crippen LogP contribution in [0.5, 0.6) is 5.75 Å². The van der Waals surface area contributed by atoms with Gasteiger partial charge >= 0.3 is 12.5 Å². The minimum Gasteiger partial charge on any atom is -0.406 e. The minimum atomic E-state index is -4.92. The number of nitrogens with zero attached hydrogens (tertiary/aromatic N) is 1. The predicted molar refractivity (Wildman–Crippen MR) is 107 cm³/mol. The molecule has 1 unspecified atom stereocenters. The van der Waals surface area contributed by atoms with Crippen LogP contribution in [0.4, 0.5) is 32.0 Å². The van der Waals surface area contributed by atoms with Gasteiger partial charge in [0.1, 0.15) is 11.8 Å². The smallest absolute Gasteiger partial charge is 0.406 e. The van der Waals surface area contributed by atoms with Gasteiger partial charge in [0.05, 0.1) is 4.90 Å². The summed E-state index contributed by atoms with van der Waals surface area (Å²) in [4.78, 5) is 0.848. The first-order valence-electron chi connectivity index (χ1n) is 9.23. The number of sulfonamides is 1. The van der Waals surface area contributed by atoms with Gasteiger partial charge in [-0.15, -0.1) is 13.2 Å². The lowest BCUT2D eigenvalue weighted by molar-refractivity contribution is -0.274. The fraction of sp³-hybridized carbons (Fsp3) is 0.400. The van der Waals surface area contributed by atoms with Crippen LogP contribution in [0, 0.1) is 20.8 Å².